The van der Waals surface area contributed by atoms with Gasteiger partial charge in [0.05, 0.1) is 11.6 Å². The Morgan fingerprint density at radius 2 is 1.92 bits per heavy atom. The van der Waals surface area contributed by atoms with Gasteiger partial charge < -0.3 is 19.5 Å². The predicted molar refractivity (Wildman–Crippen MR) is 106 cm³/mol. The Hall–Kier alpha value is -1.75. The molecule has 5 heteroatoms. The first-order valence-electron chi connectivity index (χ1n) is 8.97. The molecule has 142 valence electrons. The third-order valence-electron chi connectivity index (χ3n) is 4.03. The molecule has 0 saturated carbocycles. The SMILES string of the molecule is CCOc1cc(CNCCCOC)cc(Cl)c1OCc1ccccc1C. The molecule has 0 aliphatic rings. The Morgan fingerprint density at radius 1 is 1.12 bits per heavy atom. The Balaban J connectivity index is 2.06. The van der Waals surface area contributed by atoms with E-state index in [1.807, 2.05) is 31.2 Å². The van der Waals surface area contributed by atoms with E-state index in [2.05, 4.69) is 24.4 Å². The number of rotatable bonds is 11. The predicted octanol–water partition coefficient (Wildman–Crippen LogP) is 4.75. The van der Waals surface area contributed by atoms with Crippen LogP contribution < -0.4 is 14.8 Å². The second-order valence-corrected chi connectivity index (χ2v) is 6.48. The highest BCUT2D eigenvalue weighted by Gasteiger charge is 2.13. The zero-order valence-electron chi connectivity index (χ0n) is 15.8. The van der Waals surface area contributed by atoms with Crippen molar-refractivity contribution in [1.82, 2.24) is 5.32 Å². The first-order chi connectivity index (χ1) is 12.7. The summed E-state index contributed by atoms with van der Waals surface area (Å²) >= 11 is 6.49. The first kappa shape index (κ1) is 20.6. The van der Waals surface area contributed by atoms with Crippen molar-refractivity contribution in [2.45, 2.75) is 33.4 Å². The second-order valence-electron chi connectivity index (χ2n) is 6.08. The third kappa shape index (κ3) is 6.20. The molecule has 0 aliphatic carbocycles. The minimum atomic E-state index is 0.459. The van der Waals surface area contributed by atoms with Gasteiger partial charge in [-0.15, -0.1) is 0 Å². The van der Waals surface area contributed by atoms with Gasteiger partial charge in [0.1, 0.15) is 6.61 Å². The highest BCUT2D eigenvalue weighted by Crippen LogP contribution is 2.37. The van der Waals surface area contributed by atoms with Gasteiger partial charge in [-0.25, -0.2) is 0 Å². The summed E-state index contributed by atoms with van der Waals surface area (Å²) in [6.07, 6.45) is 0.972. The quantitative estimate of drug-likeness (QED) is 0.573. The van der Waals surface area contributed by atoms with Crippen molar-refractivity contribution < 1.29 is 14.2 Å². The number of aryl methyl sites for hydroxylation is 1. The summed E-state index contributed by atoms with van der Waals surface area (Å²) in [6, 6.07) is 12.1. The van der Waals surface area contributed by atoms with E-state index in [4.69, 9.17) is 25.8 Å². The van der Waals surface area contributed by atoms with Gasteiger partial charge in [-0.3, -0.25) is 0 Å². The maximum Gasteiger partial charge on any atom is 0.180 e. The summed E-state index contributed by atoms with van der Waals surface area (Å²) in [6.45, 7) is 7.41. The number of hydrogen-bond donors (Lipinski definition) is 1. The number of benzene rings is 2. The fourth-order valence-corrected chi connectivity index (χ4v) is 2.91. The summed E-state index contributed by atoms with van der Waals surface area (Å²) in [4.78, 5) is 0. The molecule has 0 heterocycles. The van der Waals surface area contributed by atoms with Crippen molar-refractivity contribution in [2.24, 2.45) is 0 Å². The van der Waals surface area contributed by atoms with Gasteiger partial charge in [-0.1, -0.05) is 35.9 Å². The Kier molecular flexibility index (Phi) is 8.75. The lowest BCUT2D eigenvalue weighted by Crippen LogP contribution is -2.16. The molecule has 0 aromatic heterocycles. The zero-order chi connectivity index (χ0) is 18.8. The summed E-state index contributed by atoms with van der Waals surface area (Å²) < 4.78 is 16.8. The van der Waals surface area contributed by atoms with Gasteiger partial charge in [0.2, 0.25) is 0 Å². The summed E-state index contributed by atoms with van der Waals surface area (Å²) in [5.74, 6) is 1.28. The van der Waals surface area contributed by atoms with Crippen LogP contribution in [-0.2, 0) is 17.9 Å². The van der Waals surface area contributed by atoms with Crippen molar-refractivity contribution in [3.05, 3.63) is 58.1 Å². The standard InChI is InChI=1S/C21H28ClNO3/c1-4-25-20-13-17(14-23-10-7-11-24-3)12-19(22)21(20)26-15-18-9-6-5-8-16(18)2/h5-6,8-9,12-13,23H,4,7,10-11,14-15H2,1-3H3. The minimum absolute atomic E-state index is 0.459. The Labute approximate surface area is 161 Å². The van der Waals surface area contributed by atoms with Gasteiger partial charge in [-0.2, -0.15) is 0 Å². The van der Waals surface area contributed by atoms with Gasteiger partial charge in [0.15, 0.2) is 11.5 Å². The number of methoxy groups -OCH3 is 1. The van der Waals surface area contributed by atoms with E-state index in [-0.39, 0.29) is 0 Å². The molecule has 2 aromatic carbocycles. The van der Waals surface area contributed by atoms with Crippen LogP contribution in [0.4, 0.5) is 0 Å². The maximum atomic E-state index is 6.49. The van der Waals surface area contributed by atoms with Crippen LogP contribution in [0.25, 0.3) is 0 Å². The van der Waals surface area contributed by atoms with Crippen LogP contribution in [0.3, 0.4) is 0 Å². The molecule has 2 aromatic rings. The van der Waals surface area contributed by atoms with Crippen molar-refractivity contribution in [1.29, 1.82) is 0 Å². The lowest BCUT2D eigenvalue weighted by atomic mass is 10.1. The topological polar surface area (TPSA) is 39.7 Å². The fraction of sp³-hybridized carbons (Fsp3) is 0.429. The molecule has 0 bridgehead atoms. The molecule has 4 nitrogen and oxygen atoms in total. The molecule has 0 atom stereocenters. The smallest absolute Gasteiger partial charge is 0.180 e. The van der Waals surface area contributed by atoms with Crippen molar-refractivity contribution >= 4 is 11.6 Å². The monoisotopic (exact) mass is 377 g/mol. The molecular weight excluding hydrogens is 350 g/mol. The number of nitrogens with one attached hydrogen (secondary N) is 1. The molecule has 0 fully saturated rings. The van der Waals surface area contributed by atoms with E-state index in [0.717, 1.165) is 37.2 Å². The summed E-state index contributed by atoms with van der Waals surface area (Å²) in [5.41, 5.74) is 3.40. The lowest BCUT2D eigenvalue weighted by Gasteiger charge is -2.16. The fourth-order valence-electron chi connectivity index (χ4n) is 2.62. The zero-order valence-corrected chi connectivity index (χ0v) is 16.6. The minimum Gasteiger partial charge on any atom is -0.490 e. The molecular formula is C21H28ClNO3. The van der Waals surface area contributed by atoms with Crippen LogP contribution >= 0.6 is 11.6 Å². The molecule has 0 aliphatic heterocycles. The van der Waals surface area contributed by atoms with Gasteiger partial charge in [0.25, 0.3) is 0 Å². The summed E-state index contributed by atoms with van der Waals surface area (Å²) in [7, 11) is 1.71. The first-order valence-corrected chi connectivity index (χ1v) is 9.35. The van der Waals surface area contributed by atoms with Crippen LogP contribution in [0.2, 0.25) is 5.02 Å². The Morgan fingerprint density at radius 3 is 2.65 bits per heavy atom. The van der Waals surface area contributed by atoms with Gasteiger partial charge >= 0.3 is 0 Å². The molecule has 1 N–H and O–H groups in total. The van der Waals surface area contributed by atoms with E-state index >= 15 is 0 Å². The van der Waals surface area contributed by atoms with Crippen LogP contribution in [-0.4, -0.2) is 26.9 Å². The molecule has 0 spiro atoms. The van der Waals surface area contributed by atoms with Crippen LogP contribution in [0.5, 0.6) is 11.5 Å². The van der Waals surface area contributed by atoms with Gasteiger partial charge in [-0.05, 0) is 55.6 Å². The van der Waals surface area contributed by atoms with E-state index < -0.39 is 0 Å². The molecule has 0 unspecified atom stereocenters. The normalized spacial score (nSPS) is 10.8. The molecule has 0 radical (unpaired) electrons. The molecule has 2 rings (SSSR count). The van der Waals surface area contributed by atoms with E-state index in [1.165, 1.54) is 5.56 Å². The molecule has 26 heavy (non-hydrogen) atoms. The third-order valence-corrected chi connectivity index (χ3v) is 4.31. The number of ether oxygens (including phenoxy) is 3. The van der Waals surface area contributed by atoms with Crippen molar-refractivity contribution in [3.63, 3.8) is 0 Å². The number of hydrogen-bond acceptors (Lipinski definition) is 4. The van der Waals surface area contributed by atoms with E-state index in [9.17, 15) is 0 Å². The largest absolute Gasteiger partial charge is 0.490 e. The lowest BCUT2D eigenvalue weighted by molar-refractivity contribution is 0.194. The van der Waals surface area contributed by atoms with Crippen LogP contribution in [0, 0.1) is 6.92 Å². The van der Waals surface area contributed by atoms with Gasteiger partial charge in [0, 0.05) is 20.3 Å². The van der Waals surface area contributed by atoms with Crippen molar-refractivity contribution in [2.75, 3.05) is 26.9 Å². The van der Waals surface area contributed by atoms with E-state index in [0.29, 0.717) is 29.7 Å². The maximum absolute atomic E-state index is 6.49. The Bertz CT molecular complexity index is 691. The summed E-state index contributed by atoms with van der Waals surface area (Å²) in [5, 5.41) is 3.95. The average Bonchev–Trinajstić information content (AvgIpc) is 2.62. The second kappa shape index (κ2) is 11.1. The highest BCUT2D eigenvalue weighted by atomic mass is 35.5. The molecule has 0 saturated heterocycles. The van der Waals surface area contributed by atoms with Crippen LogP contribution in [0.1, 0.15) is 30.0 Å². The van der Waals surface area contributed by atoms with Crippen molar-refractivity contribution in [3.8, 4) is 11.5 Å². The highest BCUT2D eigenvalue weighted by molar-refractivity contribution is 6.32. The van der Waals surface area contributed by atoms with Crippen LogP contribution in [0.15, 0.2) is 36.4 Å². The average molecular weight is 378 g/mol. The number of halogens is 1. The van der Waals surface area contributed by atoms with E-state index in [1.54, 1.807) is 7.11 Å². The molecule has 0 amide bonds.